The van der Waals surface area contributed by atoms with Crippen LogP contribution in [0.3, 0.4) is 0 Å². The van der Waals surface area contributed by atoms with E-state index in [1.54, 1.807) is 24.3 Å². The molecule has 0 aromatic heterocycles. The maximum atomic E-state index is 12.3. The van der Waals surface area contributed by atoms with Gasteiger partial charge in [0.05, 0.1) is 5.56 Å². The fourth-order valence-electron chi connectivity index (χ4n) is 1.81. The molecule has 3 nitrogen and oxygen atoms in total. The molecular weight excluding hydrogens is 236 g/mol. The minimum atomic E-state index is -0.0402. The van der Waals surface area contributed by atoms with Gasteiger partial charge in [-0.3, -0.25) is 4.79 Å². The number of hydrogen-bond acceptors (Lipinski definition) is 2. The molecule has 0 bridgehead atoms. The molecule has 2 N–H and O–H groups in total. The van der Waals surface area contributed by atoms with Crippen LogP contribution in [0.2, 0.25) is 5.02 Å². The Morgan fingerprint density at radius 3 is 2.82 bits per heavy atom. The van der Waals surface area contributed by atoms with Gasteiger partial charge in [-0.2, -0.15) is 0 Å². The number of hydrogen-bond donors (Lipinski definition) is 1. The zero-order chi connectivity index (χ0) is 12.4. The van der Waals surface area contributed by atoms with Crippen molar-refractivity contribution >= 4 is 23.2 Å². The second-order valence-electron chi connectivity index (χ2n) is 4.21. The van der Waals surface area contributed by atoms with Crippen LogP contribution in [0.5, 0.6) is 0 Å². The Hall–Kier alpha value is -1.48. The van der Waals surface area contributed by atoms with Gasteiger partial charge >= 0.3 is 0 Å². The lowest BCUT2D eigenvalue weighted by Crippen LogP contribution is -2.33. The van der Waals surface area contributed by atoms with Crippen molar-refractivity contribution in [2.75, 3.05) is 12.3 Å². The van der Waals surface area contributed by atoms with Crippen LogP contribution >= 0.6 is 11.6 Å². The molecule has 1 amide bonds. The highest BCUT2D eigenvalue weighted by molar-refractivity contribution is 6.31. The number of rotatable bonds is 4. The van der Waals surface area contributed by atoms with Crippen LogP contribution in [0.15, 0.2) is 30.9 Å². The van der Waals surface area contributed by atoms with Crippen molar-refractivity contribution in [1.29, 1.82) is 0 Å². The van der Waals surface area contributed by atoms with E-state index in [0.29, 0.717) is 28.9 Å². The number of halogens is 1. The molecule has 1 fully saturated rings. The Morgan fingerprint density at radius 1 is 1.59 bits per heavy atom. The third kappa shape index (κ3) is 2.61. The zero-order valence-corrected chi connectivity index (χ0v) is 10.3. The van der Waals surface area contributed by atoms with Gasteiger partial charge in [0, 0.05) is 23.3 Å². The number of nitrogens with two attached hydrogens (primary N) is 1. The van der Waals surface area contributed by atoms with Crippen molar-refractivity contribution in [2.45, 2.75) is 18.9 Å². The van der Waals surface area contributed by atoms with Gasteiger partial charge < -0.3 is 10.6 Å². The van der Waals surface area contributed by atoms with Gasteiger partial charge in [0.1, 0.15) is 0 Å². The summed E-state index contributed by atoms with van der Waals surface area (Å²) in [7, 11) is 0. The summed E-state index contributed by atoms with van der Waals surface area (Å²) in [5.74, 6) is -0.0402. The molecule has 17 heavy (non-hydrogen) atoms. The number of benzene rings is 1. The van der Waals surface area contributed by atoms with Gasteiger partial charge in [-0.1, -0.05) is 17.7 Å². The molecule has 0 unspecified atom stereocenters. The Bertz CT molecular complexity index is 455. The number of nitrogen functional groups attached to an aromatic ring is 1. The summed E-state index contributed by atoms with van der Waals surface area (Å²) < 4.78 is 0. The SMILES string of the molecule is C=CCN(C(=O)c1ccc(Cl)cc1N)C1CC1. The molecule has 0 heterocycles. The Labute approximate surface area is 106 Å². The largest absolute Gasteiger partial charge is 0.398 e. The topological polar surface area (TPSA) is 46.3 Å². The highest BCUT2D eigenvalue weighted by Gasteiger charge is 2.32. The molecule has 1 aromatic rings. The number of nitrogens with zero attached hydrogens (tertiary/aromatic N) is 1. The van der Waals surface area contributed by atoms with E-state index >= 15 is 0 Å². The fourth-order valence-corrected chi connectivity index (χ4v) is 1.99. The molecule has 0 atom stereocenters. The minimum absolute atomic E-state index is 0.0402. The van der Waals surface area contributed by atoms with Gasteiger partial charge in [0.2, 0.25) is 0 Å². The molecule has 1 aromatic carbocycles. The van der Waals surface area contributed by atoms with Crippen molar-refractivity contribution in [1.82, 2.24) is 4.90 Å². The lowest BCUT2D eigenvalue weighted by atomic mass is 10.1. The highest BCUT2D eigenvalue weighted by atomic mass is 35.5. The average Bonchev–Trinajstić information content (AvgIpc) is 3.09. The number of anilines is 1. The summed E-state index contributed by atoms with van der Waals surface area (Å²) in [6.07, 6.45) is 3.86. The third-order valence-electron chi connectivity index (χ3n) is 2.82. The van der Waals surface area contributed by atoms with Crippen LogP contribution in [0, 0.1) is 0 Å². The Kier molecular flexibility index (Phi) is 3.38. The summed E-state index contributed by atoms with van der Waals surface area (Å²) >= 11 is 5.82. The molecular formula is C13H15ClN2O. The van der Waals surface area contributed by atoms with E-state index in [0.717, 1.165) is 12.8 Å². The predicted octanol–water partition coefficient (Wildman–Crippen LogP) is 2.71. The second kappa shape index (κ2) is 4.80. The lowest BCUT2D eigenvalue weighted by molar-refractivity contribution is 0.0764. The second-order valence-corrected chi connectivity index (χ2v) is 4.65. The molecule has 0 saturated heterocycles. The van der Waals surface area contributed by atoms with Gasteiger partial charge in [-0.25, -0.2) is 0 Å². The molecule has 1 aliphatic rings. The van der Waals surface area contributed by atoms with Gasteiger partial charge in [-0.15, -0.1) is 6.58 Å². The quantitative estimate of drug-likeness (QED) is 0.660. The van der Waals surface area contributed by atoms with E-state index in [-0.39, 0.29) is 5.91 Å². The summed E-state index contributed by atoms with van der Waals surface area (Å²) in [4.78, 5) is 14.1. The molecule has 1 saturated carbocycles. The number of carbonyl (C=O) groups is 1. The standard InChI is InChI=1S/C13H15ClN2O/c1-2-7-16(10-4-5-10)13(17)11-6-3-9(14)8-12(11)15/h2-3,6,8,10H,1,4-5,7,15H2. The van der Waals surface area contributed by atoms with E-state index in [1.807, 2.05) is 4.90 Å². The molecule has 90 valence electrons. The average molecular weight is 251 g/mol. The maximum absolute atomic E-state index is 12.3. The van der Waals surface area contributed by atoms with E-state index < -0.39 is 0 Å². The van der Waals surface area contributed by atoms with Crippen molar-refractivity contribution < 1.29 is 4.79 Å². The van der Waals surface area contributed by atoms with Gasteiger partial charge in [0.15, 0.2) is 0 Å². The summed E-state index contributed by atoms with van der Waals surface area (Å²) in [6.45, 7) is 4.24. The summed E-state index contributed by atoms with van der Waals surface area (Å²) in [5.41, 5.74) is 6.76. The van der Waals surface area contributed by atoms with E-state index in [2.05, 4.69) is 6.58 Å². The number of carbonyl (C=O) groups excluding carboxylic acids is 1. The van der Waals surface area contributed by atoms with Crippen molar-refractivity contribution in [3.05, 3.63) is 41.4 Å². The summed E-state index contributed by atoms with van der Waals surface area (Å²) in [6, 6.07) is 5.31. The third-order valence-corrected chi connectivity index (χ3v) is 3.05. The minimum Gasteiger partial charge on any atom is -0.398 e. The lowest BCUT2D eigenvalue weighted by Gasteiger charge is -2.21. The smallest absolute Gasteiger partial charge is 0.256 e. The Morgan fingerprint density at radius 2 is 2.29 bits per heavy atom. The first kappa shape index (κ1) is 12.0. The summed E-state index contributed by atoms with van der Waals surface area (Å²) in [5, 5.41) is 0.542. The molecule has 0 spiro atoms. The highest BCUT2D eigenvalue weighted by Crippen LogP contribution is 2.29. The monoisotopic (exact) mass is 250 g/mol. The molecule has 4 heteroatoms. The first-order valence-electron chi connectivity index (χ1n) is 5.60. The molecule has 1 aliphatic carbocycles. The van der Waals surface area contributed by atoms with Crippen molar-refractivity contribution in [3.8, 4) is 0 Å². The zero-order valence-electron chi connectivity index (χ0n) is 9.53. The van der Waals surface area contributed by atoms with Crippen LogP contribution in [-0.2, 0) is 0 Å². The Balaban J connectivity index is 2.24. The number of amides is 1. The molecule has 2 rings (SSSR count). The van der Waals surface area contributed by atoms with Crippen LogP contribution in [0.25, 0.3) is 0 Å². The van der Waals surface area contributed by atoms with Crippen LogP contribution in [0.4, 0.5) is 5.69 Å². The fraction of sp³-hybridized carbons (Fsp3) is 0.308. The normalized spacial score (nSPS) is 14.4. The van der Waals surface area contributed by atoms with Crippen molar-refractivity contribution in [2.24, 2.45) is 0 Å². The van der Waals surface area contributed by atoms with E-state index in [4.69, 9.17) is 17.3 Å². The van der Waals surface area contributed by atoms with Gasteiger partial charge in [0.25, 0.3) is 5.91 Å². The van der Waals surface area contributed by atoms with E-state index in [1.165, 1.54) is 0 Å². The van der Waals surface area contributed by atoms with E-state index in [9.17, 15) is 4.79 Å². The maximum Gasteiger partial charge on any atom is 0.256 e. The predicted molar refractivity (Wildman–Crippen MR) is 70.1 cm³/mol. The first-order valence-corrected chi connectivity index (χ1v) is 5.98. The first-order chi connectivity index (χ1) is 8.13. The van der Waals surface area contributed by atoms with Crippen molar-refractivity contribution in [3.63, 3.8) is 0 Å². The van der Waals surface area contributed by atoms with Crippen LogP contribution < -0.4 is 5.73 Å². The van der Waals surface area contributed by atoms with Crippen LogP contribution in [-0.4, -0.2) is 23.4 Å². The molecule has 0 aliphatic heterocycles. The molecule has 0 radical (unpaired) electrons. The van der Waals surface area contributed by atoms with Crippen LogP contribution in [0.1, 0.15) is 23.2 Å². The van der Waals surface area contributed by atoms with Gasteiger partial charge in [-0.05, 0) is 31.0 Å².